The Labute approximate surface area is 125 Å². The van der Waals surface area contributed by atoms with Crippen LogP contribution >= 0.6 is 27.3 Å². The maximum absolute atomic E-state index is 5.92. The van der Waals surface area contributed by atoms with Gasteiger partial charge in [0.05, 0.1) is 5.69 Å². The van der Waals surface area contributed by atoms with Crippen LogP contribution in [0, 0.1) is 20.8 Å². The molecule has 2 N–H and O–H groups in total. The van der Waals surface area contributed by atoms with Crippen LogP contribution in [0.3, 0.4) is 0 Å². The van der Waals surface area contributed by atoms with E-state index in [4.69, 9.17) is 10.5 Å². The summed E-state index contributed by atoms with van der Waals surface area (Å²) in [6.07, 6.45) is 0. The van der Waals surface area contributed by atoms with Crippen LogP contribution < -0.4 is 10.5 Å². The van der Waals surface area contributed by atoms with Gasteiger partial charge in [0.2, 0.25) is 0 Å². The predicted octanol–water partition coefficient (Wildman–Crippen LogP) is 3.87. The van der Waals surface area contributed by atoms with Crippen molar-refractivity contribution in [2.45, 2.75) is 33.9 Å². The summed E-state index contributed by atoms with van der Waals surface area (Å²) in [7, 11) is 0. The smallest absolute Gasteiger partial charge is 0.140 e. The summed E-state index contributed by atoms with van der Waals surface area (Å²) >= 11 is 5.15. The molecule has 3 nitrogen and oxygen atoms in total. The minimum absolute atomic E-state index is 0.464. The minimum Gasteiger partial charge on any atom is -0.486 e. The van der Waals surface area contributed by atoms with Gasteiger partial charge in [-0.2, -0.15) is 0 Å². The third kappa shape index (κ3) is 3.35. The molecule has 0 unspecified atom stereocenters. The number of aryl methyl sites for hydroxylation is 3. The SMILES string of the molecule is Cc1cc(Br)cc(CN)c1OCc1nc(C)c(C)s1. The monoisotopic (exact) mass is 340 g/mol. The van der Waals surface area contributed by atoms with Gasteiger partial charge in [-0.3, -0.25) is 0 Å². The molecule has 5 heteroatoms. The molecule has 0 radical (unpaired) electrons. The molecular formula is C14H17BrN2OS. The molecule has 1 aromatic carbocycles. The molecule has 0 bridgehead atoms. The number of ether oxygens (including phenoxy) is 1. The first-order valence-corrected chi connectivity index (χ1v) is 7.67. The highest BCUT2D eigenvalue weighted by atomic mass is 79.9. The van der Waals surface area contributed by atoms with Crippen LogP contribution in [0.5, 0.6) is 5.75 Å². The molecule has 0 aliphatic rings. The van der Waals surface area contributed by atoms with Gasteiger partial charge in [0.25, 0.3) is 0 Å². The van der Waals surface area contributed by atoms with Crippen molar-refractivity contribution in [3.05, 3.63) is 43.3 Å². The highest BCUT2D eigenvalue weighted by Crippen LogP contribution is 2.29. The molecule has 2 aromatic rings. The van der Waals surface area contributed by atoms with Crippen molar-refractivity contribution < 1.29 is 4.74 Å². The topological polar surface area (TPSA) is 48.1 Å². The molecule has 1 heterocycles. The maximum Gasteiger partial charge on any atom is 0.140 e. The van der Waals surface area contributed by atoms with Crippen molar-refractivity contribution in [1.29, 1.82) is 0 Å². The number of aromatic nitrogens is 1. The summed E-state index contributed by atoms with van der Waals surface area (Å²) in [5, 5.41) is 1.00. The second-order valence-corrected chi connectivity index (χ2v) is 6.66. The third-order valence-corrected chi connectivity index (χ3v) is 4.45. The molecule has 1 aromatic heterocycles. The Balaban J connectivity index is 2.19. The van der Waals surface area contributed by atoms with Crippen LogP contribution in [-0.4, -0.2) is 4.98 Å². The fourth-order valence-electron chi connectivity index (χ4n) is 1.89. The van der Waals surface area contributed by atoms with Crippen molar-refractivity contribution in [2.75, 3.05) is 0 Å². The van der Waals surface area contributed by atoms with Gasteiger partial charge in [0.15, 0.2) is 0 Å². The summed E-state index contributed by atoms with van der Waals surface area (Å²) in [6, 6.07) is 4.04. The highest BCUT2D eigenvalue weighted by Gasteiger charge is 2.10. The van der Waals surface area contributed by atoms with Crippen LogP contribution in [0.25, 0.3) is 0 Å². The van der Waals surface area contributed by atoms with E-state index >= 15 is 0 Å². The fraction of sp³-hybridized carbons (Fsp3) is 0.357. The molecule has 0 spiro atoms. The Bertz CT molecular complexity index is 576. The van der Waals surface area contributed by atoms with Gasteiger partial charge in [-0.25, -0.2) is 4.98 Å². The number of thiazole rings is 1. The highest BCUT2D eigenvalue weighted by molar-refractivity contribution is 9.10. The summed E-state index contributed by atoms with van der Waals surface area (Å²) in [5.41, 5.74) is 8.94. The van der Waals surface area contributed by atoms with E-state index in [1.54, 1.807) is 11.3 Å². The fourth-order valence-corrected chi connectivity index (χ4v) is 3.36. The van der Waals surface area contributed by atoms with Crippen LogP contribution in [0.2, 0.25) is 0 Å². The van der Waals surface area contributed by atoms with Crippen molar-refractivity contribution in [3.8, 4) is 5.75 Å². The van der Waals surface area contributed by atoms with E-state index in [9.17, 15) is 0 Å². The van der Waals surface area contributed by atoms with Crippen LogP contribution in [0.15, 0.2) is 16.6 Å². The van der Waals surface area contributed by atoms with Gasteiger partial charge in [0.1, 0.15) is 17.4 Å². The van der Waals surface area contributed by atoms with E-state index in [1.807, 2.05) is 26.0 Å². The first kappa shape index (κ1) is 14.5. The third-order valence-electron chi connectivity index (χ3n) is 2.95. The lowest BCUT2D eigenvalue weighted by molar-refractivity contribution is 0.300. The summed E-state index contributed by atoms with van der Waals surface area (Å²) in [4.78, 5) is 5.72. The Morgan fingerprint density at radius 3 is 2.63 bits per heavy atom. The lowest BCUT2D eigenvalue weighted by Crippen LogP contribution is -2.04. The molecule has 2 rings (SSSR count). The molecule has 0 saturated heterocycles. The number of rotatable bonds is 4. The van der Waals surface area contributed by atoms with E-state index in [1.165, 1.54) is 4.88 Å². The molecule has 0 fully saturated rings. The van der Waals surface area contributed by atoms with Gasteiger partial charge < -0.3 is 10.5 Å². The van der Waals surface area contributed by atoms with Crippen LogP contribution in [0.1, 0.15) is 26.7 Å². The standard InChI is InChI=1S/C14H17BrN2OS/c1-8-4-12(15)5-11(6-16)14(8)18-7-13-17-9(2)10(3)19-13/h4-5H,6-7,16H2,1-3H3. The first-order chi connectivity index (χ1) is 9.01. The second kappa shape index (κ2) is 6.03. The number of benzene rings is 1. The second-order valence-electron chi connectivity index (χ2n) is 4.45. The van der Waals surface area contributed by atoms with Crippen molar-refractivity contribution >= 4 is 27.3 Å². The molecule has 19 heavy (non-hydrogen) atoms. The molecule has 102 valence electrons. The van der Waals surface area contributed by atoms with Crippen molar-refractivity contribution in [1.82, 2.24) is 4.98 Å². The van der Waals surface area contributed by atoms with E-state index < -0.39 is 0 Å². The van der Waals surface area contributed by atoms with Gasteiger partial charge in [-0.1, -0.05) is 15.9 Å². The Morgan fingerprint density at radius 1 is 1.32 bits per heavy atom. The van der Waals surface area contributed by atoms with Crippen molar-refractivity contribution in [3.63, 3.8) is 0 Å². The Morgan fingerprint density at radius 2 is 2.05 bits per heavy atom. The summed E-state index contributed by atoms with van der Waals surface area (Å²) in [5.74, 6) is 0.871. The quantitative estimate of drug-likeness (QED) is 0.918. The number of halogens is 1. The van der Waals surface area contributed by atoms with E-state index in [0.29, 0.717) is 13.2 Å². The molecule has 0 saturated carbocycles. The molecule has 0 aliphatic carbocycles. The lowest BCUT2D eigenvalue weighted by Gasteiger charge is -2.13. The van der Waals surface area contributed by atoms with Crippen LogP contribution in [0.4, 0.5) is 0 Å². The zero-order valence-electron chi connectivity index (χ0n) is 11.3. The van der Waals surface area contributed by atoms with Crippen LogP contribution in [-0.2, 0) is 13.2 Å². The summed E-state index contributed by atoms with van der Waals surface area (Å²) < 4.78 is 6.94. The van der Waals surface area contributed by atoms with E-state index in [-0.39, 0.29) is 0 Å². The van der Waals surface area contributed by atoms with Gasteiger partial charge in [0, 0.05) is 21.5 Å². The average Bonchev–Trinajstić information content (AvgIpc) is 2.66. The van der Waals surface area contributed by atoms with E-state index in [2.05, 4.69) is 27.8 Å². The molecule has 0 amide bonds. The molecule has 0 aliphatic heterocycles. The summed E-state index contributed by atoms with van der Waals surface area (Å²) in [6.45, 7) is 7.08. The number of hydrogen-bond donors (Lipinski definition) is 1. The predicted molar refractivity (Wildman–Crippen MR) is 82.7 cm³/mol. The van der Waals surface area contributed by atoms with Gasteiger partial charge in [-0.05, 0) is 38.5 Å². The van der Waals surface area contributed by atoms with Gasteiger partial charge in [-0.15, -0.1) is 11.3 Å². The number of nitrogens with two attached hydrogens (primary N) is 1. The minimum atomic E-state index is 0.464. The first-order valence-electron chi connectivity index (χ1n) is 6.06. The Hall–Kier alpha value is -0.910. The zero-order valence-corrected chi connectivity index (χ0v) is 13.7. The number of hydrogen-bond acceptors (Lipinski definition) is 4. The zero-order chi connectivity index (χ0) is 14.0. The van der Waals surface area contributed by atoms with E-state index in [0.717, 1.165) is 32.1 Å². The molecular weight excluding hydrogens is 324 g/mol. The van der Waals surface area contributed by atoms with Crippen molar-refractivity contribution in [2.24, 2.45) is 5.73 Å². The Kier molecular flexibility index (Phi) is 4.60. The number of nitrogens with zero attached hydrogens (tertiary/aromatic N) is 1. The normalized spacial score (nSPS) is 10.8. The largest absolute Gasteiger partial charge is 0.486 e. The average molecular weight is 341 g/mol. The lowest BCUT2D eigenvalue weighted by atomic mass is 10.1. The molecule has 0 atom stereocenters. The van der Waals surface area contributed by atoms with Gasteiger partial charge >= 0.3 is 0 Å². The maximum atomic E-state index is 5.92.